The van der Waals surface area contributed by atoms with Gasteiger partial charge < -0.3 is 15.4 Å². The molecule has 0 aliphatic rings. The third kappa shape index (κ3) is 4.60. The molecular weight excluding hydrogens is 262 g/mol. The third-order valence-electron chi connectivity index (χ3n) is 2.74. The van der Waals surface area contributed by atoms with E-state index in [1.54, 1.807) is 26.2 Å². The number of nitro benzene ring substituents is 1. The quantitative estimate of drug-likeness (QED) is 0.419. The first-order valence-corrected chi connectivity index (χ1v) is 6.29. The molecule has 0 saturated carbocycles. The van der Waals surface area contributed by atoms with Gasteiger partial charge in [0.25, 0.3) is 11.6 Å². The summed E-state index contributed by atoms with van der Waals surface area (Å²) < 4.78 is 4.87. The number of benzene rings is 1. The second-order valence-corrected chi connectivity index (χ2v) is 4.23. The van der Waals surface area contributed by atoms with Crippen molar-refractivity contribution in [1.29, 1.82) is 0 Å². The van der Waals surface area contributed by atoms with E-state index in [0.29, 0.717) is 31.8 Å². The van der Waals surface area contributed by atoms with Crippen LogP contribution in [0.5, 0.6) is 0 Å². The van der Waals surface area contributed by atoms with E-state index >= 15 is 0 Å². The second kappa shape index (κ2) is 8.23. The third-order valence-corrected chi connectivity index (χ3v) is 2.74. The van der Waals surface area contributed by atoms with E-state index in [1.165, 1.54) is 6.07 Å². The fourth-order valence-corrected chi connectivity index (χ4v) is 1.74. The number of carbonyl (C=O) groups excluding carboxylic acids is 1. The summed E-state index contributed by atoms with van der Waals surface area (Å²) in [5.74, 6) is -0.436. The van der Waals surface area contributed by atoms with E-state index in [4.69, 9.17) is 4.74 Å². The van der Waals surface area contributed by atoms with Crippen molar-refractivity contribution in [3.8, 4) is 0 Å². The van der Waals surface area contributed by atoms with Gasteiger partial charge in [0, 0.05) is 32.3 Å². The van der Waals surface area contributed by atoms with Crippen molar-refractivity contribution in [2.75, 3.05) is 33.4 Å². The zero-order valence-electron chi connectivity index (χ0n) is 11.6. The molecule has 0 aromatic heterocycles. The Morgan fingerprint density at radius 3 is 2.75 bits per heavy atom. The number of nitrogens with zero attached hydrogens (tertiary/aromatic N) is 1. The zero-order chi connectivity index (χ0) is 15.0. The lowest BCUT2D eigenvalue weighted by atomic mass is 10.1. The number of para-hydroxylation sites is 1. The second-order valence-electron chi connectivity index (χ2n) is 4.23. The average molecular weight is 281 g/mol. The molecule has 0 heterocycles. The van der Waals surface area contributed by atoms with Gasteiger partial charge in [-0.25, -0.2) is 0 Å². The normalized spacial score (nSPS) is 10.3. The lowest BCUT2D eigenvalue weighted by Gasteiger charge is -2.08. The Balaban J connectivity index is 2.56. The molecule has 20 heavy (non-hydrogen) atoms. The van der Waals surface area contributed by atoms with Crippen LogP contribution in [-0.2, 0) is 4.74 Å². The standard InChI is InChI=1S/C13H19N3O4/c1-10-4-3-5-11(12(10)16(18)19)13(17)15-7-6-14-8-9-20-2/h3-5,14H,6-9H2,1-2H3,(H,15,17). The molecule has 1 rings (SSSR count). The van der Waals surface area contributed by atoms with Crippen molar-refractivity contribution < 1.29 is 14.5 Å². The van der Waals surface area contributed by atoms with Crippen LogP contribution in [0, 0.1) is 17.0 Å². The summed E-state index contributed by atoms with van der Waals surface area (Å²) in [6, 6.07) is 4.70. The first kappa shape index (κ1) is 16.1. The van der Waals surface area contributed by atoms with Crippen molar-refractivity contribution in [3.05, 3.63) is 39.4 Å². The van der Waals surface area contributed by atoms with Crippen LogP contribution in [0.4, 0.5) is 5.69 Å². The fraction of sp³-hybridized carbons (Fsp3) is 0.462. The minimum atomic E-state index is -0.527. The van der Waals surface area contributed by atoms with Gasteiger partial charge in [0.1, 0.15) is 5.56 Å². The monoisotopic (exact) mass is 281 g/mol. The first-order chi connectivity index (χ1) is 9.57. The SMILES string of the molecule is COCCNCCNC(=O)c1cccc(C)c1[N+](=O)[O-]. The van der Waals surface area contributed by atoms with E-state index in [0.717, 1.165) is 0 Å². The lowest BCUT2D eigenvalue weighted by molar-refractivity contribution is -0.385. The molecule has 0 spiro atoms. The van der Waals surface area contributed by atoms with Crippen LogP contribution in [0.3, 0.4) is 0 Å². The Morgan fingerprint density at radius 2 is 2.10 bits per heavy atom. The summed E-state index contributed by atoms with van der Waals surface area (Å²) in [5.41, 5.74) is 0.421. The number of carbonyl (C=O) groups is 1. The topological polar surface area (TPSA) is 93.5 Å². The molecule has 1 aromatic carbocycles. The van der Waals surface area contributed by atoms with Crippen LogP contribution < -0.4 is 10.6 Å². The maximum absolute atomic E-state index is 11.9. The number of nitro groups is 1. The molecular formula is C13H19N3O4. The Bertz CT molecular complexity index is 477. The van der Waals surface area contributed by atoms with Gasteiger partial charge >= 0.3 is 0 Å². The van der Waals surface area contributed by atoms with Crippen LogP contribution in [-0.4, -0.2) is 44.2 Å². The molecule has 0 saturated heterocycles. The Labute approximate surface area is 117 Å². The Kier molecular flexibility index (Phi) is 6.61. The van der Waals surface area contributed by atoms with Crippen molar-refractivity contribution in [2.24, 2.45) is 0 Å². The molecule has 7 nitrogen and oxygen atoms in total. The van der Waals surface area contributed by atoms with Crippen LogP contribution in [0.25, 0.3) is 0 Å². The van der Waals surface area contributed by atoms with Crippen LogP contribution in [0.15, 0.2) is 18.2 Å². The number of amides is 1. The molecule has 2 N–H and O–H groups in total. The smallest absolute Gasteiger partial charge is 0.285 e. The summed E-state index contributed by atoms with van der Waals surface area (Å²) in [5, 5.41) is 16.7. The summed E-state index contributed by atoms with van der Waals surface area (Å²) in [7, 11) is 1.61. The lowest BCUT2D eigenvalue weighted by Crippen LogP contribution is -2.33. The zero-order valence-corrected chi connectivity index (χ0v) is 11.6. The number of ether oxygens (including phenoxy) is 1. The van der Waals surface area contributed by atoms with Crippen LogP contribution in [0.1, 0.15) is 15.9 Å². The molecule has 0 bridgehead atoms. The number of rotatable bonds is 8. The van der Waals surface area contributed by atoms with E-state index in [2.05, 4.69) is 10.6 Å². The van der Waals surface area contributed by atoms with E-state index < -0.39 is 10.8 Å². The summed E-state index contributed by atoms with van der Waals surface area (Å²) in [6.45, 7) is 3.87. The van der Waals surface area contributed by atoms with Crippen molar-refractivity contribution in [2.45, 2.75) is 6.92 Å². The number of methoxy groups -OCH3 is 1. The summed E-state index contributed by atoms with van der Waals surface area (Å²) >= 11 is 0. The van der Waals surface area contributed by atoms with Gasteiger partial charge in [-0.1, -0.05) is 12.1 Å². The van der Waals surface area contributed by atoms with Gasteiger partial charge in [0.15, 0.2) is 0 Å². The fourth-order valence-electron chi connectivity index (χ4n) is 1.74. The molecule has 110 valence electrons. The molecule has 0 atom stereocenters. The van der Waals surface area contributed by atoms with Crippen LogP contribution >= 0.6 is 0 Å². The Morgan fingerprint density at radius 1 is 1.35 bits per heavy atom. The highest BCUT2D eigenvalue weighted by atomic mass is 16.6. The first-order valence-electron chi connectivity index (χ1n) is 6.29. The predicted molar refractivity (Wildman–Crippen MR) is 74.9 cm³/mol. The highest BCUT2D eigenvalue weighted by molar-refractivity contribution is 5.98. The maximum Gasteiger partial charge on any atom is 0.285 e. The van der Waals surface area contributed by atoms with Crippen molar-refractivity contribution >= 4 is 11.6 Å². The maximum atomic E-state index is 11.9. The van der Waals surface area contributed by atoms with Crippen molar-refractivity contribution in [3.63, 3.8) is 0 Å². The molecule has 0 fully saturated rings. The van der Waals surface area contributed by atoms with Gasteiger partial charge in [-0.15, -0.1) is 0 Å². The van der Waals surface area contributed by atoms with Crippen molar-refractivity contribution in [1.82, 2.24) is 10.6 Å². The van der Waals surface area contributed by atoms with Gasteiger partial charge in [0.2, 0.25) is 0 Å². The molecule has 7 heteroatoms. The van der Waals surface area contributed by atoms with Gasteiger partial charge in [-0.3, -0.25) is 14.9 Å². The number of hydrogen-bond donors (Lipinski definition) is 2. The highest BCUT2D eigenvalue weighted by Gasteiger charge is 2.21. The predicted octanol–water partition coefficient (Wildman–Crippen LogP) is 0.869. The van der Waals surface area contributed by atoms with Gasteiger partial charge in [-0.2, -0.15) is 0 Å². The largest absolute Gasteiger partial charge is 0.383 e. The summed E-state index contributed by atoms with van der Waals surface area (Å²) in [4.78, 5) is 22.4. The molecule has 1 aromatic rings. The van der Waals surface area contributed by atoms with Gasteiger partial charge in [0.05, 0.1) is 11.5 Å². The highest BCUT2D eigenvalue weighted by Crippen LogP contribution is 2.22. The molecule has 1 amide bonds. The molecule has 0 aliphatic heterocycles. The minimum absolute atomic E-state index is 0.0897. The van der Waals surface area contributed by atoms with E-state index in [-0.39, 0.29) is 11.3 Å². The summed E-state index contributed by atoms with van der Waals surface area (Å²) in [6.07, 6.45) is 0. The number of aryl methyl sites for hydroxylation is 1. The molecule has 0 radical (unpaired) electrons. The molecule has 0 aliphatic carbocycles. The van der Waals surface area contributed by atoms with Crippen LogP contribution in [0.2, 0.25) is 0 Å². The van der Waals surface area contributed by atoms with Gasteiger partial charge in [-0.05, 0) is 13.0 Å². The van der Waals surface area contributed by atoms with E-state index in [9.17, 15) is 14.9 Å². The average Bonchev–Trinajstić information content (AvgIpc) is 2.41. The number of nitrogens with one attached hydrogen (secondary N) is 2. The Hall–Kier alpha value is -1.99. The number of hydrogen-bond acceptors (Lipinski definition) is 5. The minimum Gasteiger partial charge on any atom is -0.383 e. The molecule has 0 unspecified atom stereocenters. The van der Waals surface area contributed by atoms with E-state index in [1.807, 2.05) is 0 Å².